The fourth-order valence-electron chi connectivity index (χ4n) is 2.12. The highest BCUT2D eigenvalue weighted by atomic mass is 79.9. The van der Waals surface area contributed by atoms with E-state index >= 15 is 0 Å². The third-order valence-electron chi connectivity index (χ3n) is 3.40. The predicted molar refractivity (Wildman–Crippen MR) is 98.8 cm³/mol. The molecule has 1 N–H and O–H groups in total. The number of nitrogens with zero attached hydrogens (tertiary/aromatic N) is 1. The molecule has 24 heavy (non-hydrogen) atoms. The Kier molecular flexibility index (Phi) is 7.27. The van der Waals surface area contributed by atoms with Gasteiger partial charge < -0.3 is 5.32 Å². The van der Waals surface area contributed by atoms with Gasteiger partial charge in [0.15, 0.2) is 0 Å². The van der Waals surface area contributed by atoms with Crippen LogP contribution in [0.3, 0.4) is 0 Å². The SMILES string of the molecule is O=C(/C=C/c1cc(Br)ccc1F)NCCS(=O)(=O)N1CCSCC1. The molecule has 0 bridgehead atoms. The molecule has 0 aromatic heterocycles. The second-order valence-corrected chi connectivity index (χ2v) is 9.35. The molecule has 0 radical (unpaired) electrons. The molecule has 0 atom stereocenters. The van der Waals surface area contributed by atoms with Crippen LogP contribution in [0.2, 0.25) is 0 Å². The van der Waals surface area contributed by atoms with Gasteiger partial charge in [0.1, 0.15) is 5.82 Å². The first kappa shape index (κ1) is 19.4. The summed E-state index contributed by atoms with van der Waals surface area (Å²) in [5, 5.41) is 2.51. The molecule has 5 nitrogen and oxygen atoms in total. The van der Waals surface area contributed by atoms with Crippen molar-refractivity contribution in [2.75, 3.05) is 36.9 Å². The van der Waals surface area contributed by atoms with E-state index in [0.717, 1.165) is 11.5 Å². The third kappa shape index (κ3) is 5.87. The topological polar surface area (TPSA) is 66.5 Å². The first-order valence-electron chi connectivity index (χ1n) is 7.35. The van der Waals surface area contributed by atoms with Crippen molar-refractivity contribution in [3.05, 3.63) is 40.1 Å². The van der Waals surface area contributed by atoms with Gasteiger partial charge in [0, 0.05) is 47.3 Å². The largest absolute Gasteiger partial charge is 0.351 e. The van der Waals surface area contributed by atoms with Gasteiger partial charge in [0.05, 0.1) is 5.75 Å². The number of sulfonamides is 1. The molecule has 0 saturated carbocycles. The number of rotatable bonds is 6. The van der Waals surface area contributed by atoms with Gasteiger partial charge in [-0.25, -0.2) is 17.1 Å². The quantitative estimate of drug-likeness (QED) is 0.693. The van der Waals surface area contributed by atoms with Crippen molar-refractivity contribution in [1.82, 2.24) is 9.62 Å². The lowest BCUT2D eigenvalue weighted by Crippen LogP contribution is -2.41. The second kappa shape index (κ2) is 8.98. The lowest BCUT2D eigenvalue weighted by molar-refractivity contribution is -0.116. The molecule has 1 saturated heterocycles. The molecule has 0 spiro atoms. The number of amides is 1. The zero-order valence-electron chi connectivity index (χ0n) is 12.9. The van der Waals surface area contributed by atoms with Crippen molar-refractivity contribution >= 4 is 49.7 Å². The Morgan fingerprint density at radius 3 is 2.79 bits per heavy atom. The van der Waals surface area contributed by atoms with E-state index in [0.29, 0.717) is 17.6 Å². The van der Waals surface area contributed by atoms with Gasteiger partial charge in [-0.15, -0.1) is 0 Å². The van der Waals surface area contributed by atoms with Crippen molar-refractivity contribution in [3.63, 3.8) is 0 Å². The summed E-state index contributed by atoms with van der Waals surface area (Å²) in [6, 6.07) is 4.42. The van der Waals surface area contributed by atoms with Crippen molar-refractivity contribution in [1.29, 1.82) is 0 Å². The van der Waals surface area contributed by atoms with Gasteiger partial charge in [-0.2, -0.15) is 11.8 Å². The minimum Gasteiger partial charge on any atom is -0.351 e. The molecule has 9 heteroatoms. The molecule has 1 aromatic carbocycles. The zero-order chi connectivity index (χ0) is 17.6. The van der Waals surface area contributed by atoms with E-state index in [1.165, 1.54) is 22.5 Å². The van der Waals surface area contributed by atoms with Gasteiger partial charge in [-0.3, -0.25) is 4.79 Å². The van der Waals surface area contributed by atoms with Crippen LogP contribution in [0, 0.1) is 5.82 Å². The molecule has 2 rings (SSSR count). The van der Waals surface area contributed by atoms with E-state index in [-0.39, 0.29) is 17.9 Å². The van der Waals surface area contributed by atoms with Crippen LogP contribution in [0.4, 0.5) is 4.39 Å². The number of halogens is 2. The van der Waals surface area contributed by atoms with Crippen molar-refractivity contribution in [3.8, 4) is 0 Å². The normalized spacial score (nSPS) is 16.4. The predicted octanol–water partition coefficient (Wildman–Crippen LogP) is 2.10. The molecular formula is C15H18BrFN2O3S2. The minimum atomic E-state index is -3.34. The van der Waals surface area contributed by atoms with Crippen LogP contribution in [0.25, 0.3) is 6.08 Å². The lowest BCUT2D eigenvalue weighted by atomic mass is 10.2. The van der Waals surface area contributed by atoms with E-state index in [2.05, 4.69) is 21.2 Å². The van der Waals surface area contributed by atoms with E-state index in [9.17, 15) is 17.6 Å². The van der Waals surface area contributed by atoms with Crippen LogP contribution in [0.15, 0.2) is 28.7 Å². The lowest BCUT2D eigenvalue weighted by Gasteiger charge is -2.25. The summed E-state index contributed by atoms with van der Waals surface area (Å²) in [5.74, 6) is 0.563. The average molecular weight is 437 g/mol. The summed E-state index contributed by atoms with van der Waals surface area (Å²) in [6.07, 6.45) is 2.54. The molecule has 1 fully saturated rings. The molecule has 1 aromatic rings. The van der Waals surface area contributed by atoms with Gasteiger partial charge in [0.2, 0.25) is 15.9 Å². The summed E-state index contributed by atoms with van der Waals surface area (Å²) >= 11 is 4.96. The van der Waals surface area contributed by atoms with E-state index in [1.807, 2.05) is 0 Å². The fourth-order valence-corrected chi connectivity index (χ4v) is 4.99. The molecule has 0 aliphatic carbocycles. The summed E-state index contributed by atoms with van der Waals surface area (Å²) in [7, 11) is -3.34. The van der Waals surface area contributed by atoms with Crippen LogP contribution < -0.4 is 5.32 Å². The molecular weight excluding hydrogens is 419 g/mol. The fraction of sp³-hybridized carbons (Fsp3) is 0.400. The van der Waals surface area contributed by atoms with Gasteiger partial charge in [-0.05, 0) is 24.3 Å². The highest BCUT2D eigenvalue weighted by Crippen LogP contribution is 2.16. The highest BCUT2D eigenvalue weighted by molar-refractivity contribution is 9.10. The number of benzene rings is 1. The van der Waals surface area contributed by atoms with Crippen molar-refractivity contribution in [2.45, 2.75) is 0 Å². The Morgan fingerprint density at radius 1 is 1.38 bits per heavy atom. The molecule has 1 heterocycles. The van der Waals surface area contributed by atoms with Gasteiger partial charge in [0.25, 0.3) is 0 Å². The van der Waals surface area contributed by atoms with Gasteiger partial charge in [-0.1, -0.05) is 15.9 Å². The Bertz CT molecular complexity index is 719. The number of thioether (sulfide) groups is 1. The van der Waals surface area contributed by atoms with Crippen LogP contribution in [0.5, 0.6) is 0 Å². The maximum absolute atomic E-state index is 13.5. The second-order valence-electron chi connectivity index (χ2n) is 5.12. The standard InChI is InChI=1S/C15H18BrFN2O3S2/c16-13-2-3-14(17)12(11-13)1-4-15(20)18-5-10-24(21,22)19-6-8-23-9-7-19/h1-4,11H,5-10H2,(H,18,20)/b4-1+. The Hall–Kier alpha value is -0.900. The molecule has 132 valence electrons. The van der Waals surface area contributed by atoms with E-state index in [1.54, 1.807) is 23.9 Å². The monoisotopic (exact) mass is 436 g/mol. The smallest absolute Gasteiger partial charge is 0.244 e. The Morgan fingerprint density at radius 2 is 2.08 bits per heavy atom. The minimum absolute atomic E-state index is 0.0239. The van der Waals surface area contributed by atoms with Gasteiger partial charge >= 0.3 is 0 Å². The van der Waals surface area contributed by atoms with Crippen LogP contribution in [0.1, 0.15) is 5.56 Å². The van der Waals surface area contributed by atoms with Crippen molar-refractivity contribution in [2.24, 2.45) is 0 Å². The molecule has 1 aliphatic rings. The molecule has 1 amide bonds. The summed E-state index contributed by atoms with van der Waals surface area (Å²) in [6.45, 7) is 1.06. The number of carbonyl (C=O) groups is 1. The maximum Gasteiger partial charge on any atom is 0.244 e. The third-order valence-corrected chi connectivity index (χ3v) is 6.70. The Balaban J connectivity index is 1.82. The van der Waals surface area contributed by atoms with Crippen LogP contribution in [-0.2, 0) is 14.8 Å². The van der Waals surface area contributed by atoms with E-state index < -0.39 is 21.7 Å². The zero-order valence-corrected chi connectivity index (χ0v) is 16.1. The number of hydrogen-bond acceptors (Lipinski definition) is 4. The first-order valence-corrected chi connectivity index (χ1v) is 10.9. The van der Waals surface area contributed by atoms with E-state index in [4.69, 9.17) is 0 Å². The summed E-state index contributed by atoms with van der Waals surface area (Å²) < 4.78 is 40.0. The highest BCUT2D eigenvalue weighted by Gasteiger charge is 2.23. The summed E-state index contributed by atoms with van der Waals surface area (Å²) in [5.41, 5.74) is 0.276. The average Bonchev–Trinajstić information content (AvgIpc) is 2.56. The first-order chi connectivity index (χ1) is 11.4. The van der Waals surface area contributed by atoms with Crippen LogP contribution in [-0.4, -0.2) is 55.5 Å². The Labute approximate surface area is 153 Å². The summed E-state index contributed by atoms with van der Waals surface area (Å²) in [4.78, 5) is 11.7. The number of hydrogen-bond donors (Lipinski definition) is 1. The molecule has 1 aliphatic heterocycles. The van der Waals surface area contributed by atoms with Crippen molar-refractivity contribution < 1.29 is 17.6 Å². The maximum atomic E-state index is 13.5. The van der Waals surface area contributed by atoms with Crippen LogP contribution >= 0.6 is 27.7 Å². The molecule has 0 unspecified atom stereocenters. The number of carbonyl (C=O) groups excluding carboxylic acids is 1. The number of nitrogens with one attached hydrogen (secondary N) is 1.